The third-order valence-corrected chi connectivity index (χ3v) is 3.33. The van der Waals surface area contributed by atoms with Crippen LogP contribution < -0.4 is 5.73 Å². The molecule has 7 heteroatoms. The summed E-state index contributed by atoms with van der Waals surface area (Å²) in [7, 11) is 0. The van der Waals surface area contributed by atoms with Gasteiger partial charge in [-0.25, -0.2) is 18.0 Å². The predicted molar refractivity (Wildman–Crippen MR) is 74.0 cm³/mol. The first-order valence-corrected chi connectivity index (χ1v) is 6.54. The van der Waals surface area contributed by atoms with Crippen LogP contribution in [0.2, 0.25) is 0 Å². The molecule has 110 valence electrons. The van der Waals surface area contributed by atoms with Gasteiger partial charge in [0.1, 0.15) is 24.1 Å². The first kappa shape index (κ1) is 15.4. The number of esters is 1. The number of rotatable bonds is 3. The van der Waals surface area contributed by atoms with E-state index < -0.39 is 35.6 Å². The average molecular weight is 360 g/mol. The molecule has 0 bridgehead atoms. The molecule has 2 rings (SSSR count). The molecule has 0 saturated carbocycles. The Kier molecular flexibility index (Phi) is 4.52. The van der Waals surface area contributed by atoms with E-state index in [2.05, 4.69) is 15.9 Å². The lowest BCUT2D eigenvalue weighted by Crippen LogP contribution is -2.10. The third-order valence-electron chi connectivity index (χ3n) is 2.72. The van der Waals surface area contributed by atoms with Crippen molar-refractivity contribution < 1.29 is 22.7 Å². The molecule has 2 aromatic rings. The monoisotopic (exact) mass is 359 g/mol. The van der Waals surface area contributed by atoms with Crippen LogP contribution in [0.4, 0.5) is 18.9 Å². The number of carbonyl (C=O) groups is 1. The lowest BCUT2D eigenvalue weighted by atomic mass is 10.2. The second-order valence-corrected chi connectivity index (χ2v) is 4.98. The van der Waals surface area contributed by atoms with Gasteiger partial charge in [-0.2, -0.15) is 0 Å². The van der Waals surface area contributed by atoms with Gasteiger partial charge in [-0.15, -0.1) is 0 Å². The van der Waals surface area contributed by atoms with E-state index in [1.807, 2.05) is 0 Å². The SMILES string of the molecule is Nc1cc(F)ccc1C(=O)OCc1c(F)ccc(Br)c1F. The fraction of sp³-hybridized carbons (Fsp3) is 0.0714. The maximum atomic E-state index is 13.7. The normalized spacial score (nSPS) is 10.5. The van der Waals surface area contributed by atoms with Gasteiger partial charge < -0.3 is 10.5 Å². The van der Waals surface area contributed by atoms with Crippen LogP contribution in [0.3, 0.4) is 0 Å². The van der Waals surface area contributed by atoms with Gasteiger partial charge in [0.15, 0.2) is 0 Å². The standard InChI is InChI=1S/C14H9BrF3NO2/c15-10-3-4-11(17)9(13(10)18)6-21-14(20)8-2-1-7(16)5-12(8)19/h1-5H,6,19H2. The van der Waals surface area contributed by atoms with Crippen molar-refractivity contribution in [2.75, 3.05) is 5.73 Å². The van der Waals surface area contributed by atoms with Crippen molar-refractivity contribution in [1.29, 1.82) is 0 Å². The molecule has 0 aliphatic rings. The lowest BCUT2D eigenvalue weighted by molar-refractivity contribution is 0.0466. The number of ether oxygens (including phenoxy) is 1. The van der Waals surface area contributed by atoms with E-state index in [4.69, 9.17) is 10.5 Å². The highest BCUT2D eigenvalue weighted by atomic mass is 79.9. The minimum atomic E-state index is -0.897. The van der Waals surface area contributed by atoms with E-state index in [0.29, 0.717) is 0 Å². The molecular formula is C14H9BrF3NO2. The molecule has 0 heterocycles. The predicted octanol–water partition coefficient (Wildman–Crippen LogP) is 3.81. The zero-order valence-electron chi connectivity index (χ0n) is 10.5. The Morgan fingerprint density at radius 1 is 1.19 bits per heavy atom. The summed E-state index contributed by atoms with van der Waals surface area (Å²) in [5, 5.41) is 0. The summed E-state index contributed by atoms with van der Waals surface area (Å²) in [5.41, 5.74) is 4.90. The van der Waals surface area contributed by atoms with Gasteiger partial charge in [0.25, 0.3) is 0 Å². The van der Waals surface area contributed by atoms with Crippen LogP contribution in [-0.2, 0) is 11.3 Å². The van der Waals surface area contributed by atoms with Crippen molar-refractivity contribution >= 4 is 27.6 Å². The van der Waals surface area contributed by atoms with Gasteiger partial charge >= 0.3 is 5.97 Å². The second kappa shape index (κ2) is 6.17. The third kappa shape index (κ3) is 3.36. The van der Waals surface area contributed by atoms with Crippen molar-refractivity contribution in [2.45, 2.75) is 6.61 Å². The number of anilines is 1. The van der Waals surface area contributed by atoms with Crippen LogP contribution in [0.1, 0.15) is 15.9 Å². The average Bonchev–Trinajstić information content (AvgIpc) is 2.43. The molecule has 3 nitrogen and oxygen atoms in total. The topological polar surface area (TPSA) is 52.3 Å². The summed E-state index contributed by atoms with van der Waals surface area (Å²) in [6.07, 6.45) is 0. The number of nitrogens with two attached hydrogens (primary N) is 1. The molecule has 2 aromatic carbocycles. The van der Waals surface area contributed by atoms with Crippen molar-refractivity contribution in [3.63, 3.8) is 0 Å². The summed E-state index contributed by atoms with van der Waals surface area (Å²) < 4.78 is 44.9. The van der Waals surface area contributed by atoms with Crippen LogP contribution in [0.15, 0.2) is 34.8 Å². The summed E-state index contributed by atoms with van der Waals surface area (Å²) in [5.74, 6) is -3.19. The summed E-state index contributed by atoms with van der Waals surface area (Å²) >= 11 is 2.91. The minimum absolute atomic E-state index is 0.0521. The van der Waals surface area contributed by atoms with E-state index in [1.54, 1.807) is 0 Å². The molecule has 0 spiro atoms. The second-order valence-electron chi connectivity index (χ2n) is 4.13. The molecule has 0 aliphatic carbocycles. The van der Waals surface area contributed by atoms with Crippen LogP contribution in [0, 0.1) is 17.5 Å². The molecule has 2 N–H and O–H groups in total. The molecule has 0 atom stereocenters. The number of hydrogen-bond donors (Lipinski definition) is 1. The smallest absolute Gasteiger partial charge is 0.340 e. The summed E-state index contributed by atoms with van der Waals surface area (Å²) in [4.78, 5) is 11.8. The van der Waals surface area contributed by atoms with Crippen molar-refractivity contribution in [3.05, 3.63) is 63.4 Å². The maximum Gasteiger partial charge on any atom is 0.340 e. The van der Waals surface area contributed by atoms with Crippen LogP contribution in [0.25, 0.3) is 0 Å². The Morgan fingerprint density at radius 3 is 2.57 bits per heavy atom. The number of carbonyl (C=O) groups excluding carboxylic acids is 1. The molecule has 0 amide bonds. The van der Waals surface area contributed by atoms with E-state index in [9.17, 15) is 18.0 Å². The highest BCUT2D eigenvalue weighted by Crippen LogP contribution is 2.23. The van der Waals surface area contributed by atoms with E-state index >= 15 is 0 Å². The highest BCUT2D eigenvalue weighted by Gasteiger charge is 2.17. The number of nitrogen functional groups attached to an aromatic ring is 1. The summed E-state index contributed by atoms with van der Waals surface area (Å²) in [6.45, 7) is -0.604. The molecule has 0 aromatic heterocycles. The van der Waals surface area contributed by atoms with Gasteiger partial charge in [-0.3, -0.25) is 0 Å². The van der Waals surface area contributed by atoms with E-state index in [-0.39, 0.29) is 15.7 Å². The zero-order chi connectivity index (χ0) is 15.6. The van der Waals surface area contributed by atoms with E-state index in [0.717, 1.165) is 24.3 Å². The van der Waals surface area contributed by atoms with Gasteiger partial charge in [0.05, 0.1) is 15.6 Å². The van der Waals surface area contributed by atoms with Crippen LogP contribution in [-0.4, -0.2) is 5.97 Å². The Balaban J connectivity index is 2.17. The number of benzene rings is 2. The molecular weight excluding hydrogens is 351 g/mol. The van der Waals surface area contributed by atoms with Gasteiger partial charge in [-0.05, 0) is 46.3 Å². The minimum Gasteiger partial charge on any atom is -0.457 e. The molecule has 0 unspecified atom stereocenters. The lowest BCUT2D eigenvalue weighted by Gasteiger charge is -2.09. The van der Waals surface area contributed by atoms with Crippen molar-refractivity contribution in [2.24, 2.45) is 0 Å². The molecule has 0 saturated heterocycles. The quantitative estimate of drug-likeness (QED) is 0.515. The Labute approximate surface area is 126 Å². The maximum absolute atomic E-state index is 13.7. The summed E-state index contributed by atoms with van der Waals surface area (Å²) in [6, 6.07) is 5.38. The zero-order valence-corrected chi connectivity index (χ0v) is 12.1. The van der Waals surface area contributed by atoms with Crippen LogP contribution in [0.5, 0.6) is 0 Å². The first-order valence-electron chi connectivity index (χ1n) is 5.74. The highest BCUT2D eigenvalue weighted by molar-refractivity contribution is 9.10. The first-order chi connectivity index (χ1) is 9.90. The largest absolute Gasteiger partial charge is 0.457 e. The molecule has 0 aliphatic heterocycles. The molecule has 0 fully saturated rings. The fourth-order valence-corrected chi connectivity index (χ4v) is 2.01. The van der Waals surface area contributed by atoms with Crippen LogP contribution >= 0.6 is 15.9 Å². The number of hydrogen-bond acceptors (Lipinski definition) is 3. The molecule has 21 heavy (non-hydrogen) atoms. The van der Waals surface area contributed by atoms with Crippen molar-refractivity contribution in [1.82, 2.24) is 0 Å². The van der Waals surface area contributed by atoms with Gasteiger partial charge in [0.2, 0.25) is 0 Å². The van der Waals surface area contributed by atoms with Gasteiger partial charge in [-0.1, -0.05) is 0 Å². The number of halogens is 4. The van der Waals surface area contributed by atoms with Gasteiger partial charge in [0, 0.05) is 5.69 Å². The fourth-order valence-electron chi connectivity index (χ4n) is 1.64. The van der Waals surface area contributed by atoms with E-state index in [1.165, 1.54) is 6.07 Å². The Bertz CT molecular complexity index is 707. The van der Waals surface area contributed by atoms with Crippen molar-refractivity contribution in [3.8, 4) is 0 Å². The Morgan fingerprint density at radius 2 is 1.90 bits per heavy atom. The Hall–Kier alpha value is -2.02. The molecule has 0 radical (unpaired) electrons.